The van der Waals surface area contributed by atoms with Crippen molar-refractivity contribution in [3.63, 3.8) is 0 Å². The molecule has 3 aromatic carbocycles. The average molecular weight is 416 g/mol. The van der Waals surface area contributed by atoms with Gasteiger partial charge in [-0.3, -0.25) is 0 Å². The number of rotatable bonds is 9. The lowest BCUT2D eigenvalue weighted by Gasteiger charge is -2.17. The molecule has 4 nitrogen and oxygen atoms in total. The van der Waals surface area contributed by atoms with Crippen LogP contribution < -0.4 is 19.5 Å². The van der Waals surface area contributed by atoms with Crippen molar-refractivity contribution in [3.8, 4) is 17.2 Å². The first kappa shape index (κ1) is 21.0. The number of halogens is 2. The fourth-order valence-corrected chi connectivity index (χ4v) is 3.24. The van der Waals surface area contributed by atoms with E-state index in [2.05, 4.69) is 5.32 Å². The van der Waals surface area contributed by atoms with Crippen molar-refractivity contribution in [2.24, 2.45) is 0 Å². The molecule has 0 spiro atoms. The molecule has 0 fully saturated rings. The second kappa shape index (κ2) is 10.1. The highest BCUT2D eigenvalue weighted by molar-refractivity contribution is 6.31. The summed E-state index contributed by atoms with van der Waals surface area (Å²) < 4.78 is 30.8. The van der Waals surface area contributed by atoms with Gasteiger partial charge < -0.3 is 19.5 Å². The molecule has 29 heavy (non-hydrogen) atoms. The van der Waals surface area contributed by atoms with Crippen LogP contribution >= 0.6 is 11.6 Å². The molecule has 6 heteroatoms. The Balaban J connectivity index is 1.74. The highest BCUT2D eigenvalue weighted by Crippen LogP contribution is 2.33. The molecule has 0 atom stereocenters. The van der Waals surface area contributed by atoms with Crippen LogP contribution in [0.4, 0.5) is 4.39 Å². The van der Waals surface area contributed by atoms with E-state index >= 15 is 0 Å². The zero-order valence-corrected chi connectivity index (χ0v) is 17.1. The van der Waals surface area contributed by atoms with Crippen molar-refractivity contribution in [3.05, 3.63) is 88.2 Å². The minimum atomic E-state index is -0.400. The molecule has 3 rings (SSSR count). The summed E-state index contributed by atoms with van der Waals surface area (Å²) in [6.07, 6.45) is 0. The normalized spacial score (nSPS) is 10.6. The lowest BCUT2D eigenvalue weighted by molar-refractivity contribution is 0.276. The Kier molecular flexibility index (Phi) is 7.33. The Morgan fingerprint density at radius 3 is 2.24 bits per heavy atom. The smallest absolute Gasteiger partial charge is 0.166 e. The number of hydrogen-bond acceptors (Lipinski definition) is 4. The van der Waals surface area contributed by atoms with Gasteiger partial charge >= 0.3 is 0 Å². The monoisotopic (exact) mass is 415 g/mol. The predicted octanol–water partition coefficient (Wildman–Crippen LogP) is 5.37. The SMILES string of the molecule is COc1ccccc1CNCc1cccc(OC)c1OCc1c(F)cccc1Cl. The van der Waals surface area contributed by atoms with E-state index in [1.54, 1.807) is 26.4 Å². The van der Waals surface area contributed by atoms with Gasteiger partial charge in [0.1, 0.15) is 18.2 Å². The van der Waals surface area contributed by atoms with Crippen LogP contribution in [0.2, 0.25) is 5.02 Å². The van der Waals surface area contributed by atoms with E-state index in [1.165, 1.54) is 6.07 Å². The van der Waals surface area contributed by atoms with Gasteiger partial charge in [0.2, 0.25) is 0 Å². The maximum atomic E-state index is 14.1. The number of para-hydroxylation sites is 2. The summed E-state index contributed by atoms with van der Waals surface area (Å²) in [7, 11) is 3.23. The molecule has 152 valence electrons. The summed E-state index contributed by atoms with van der Waals surface area (Å²) in [5.41, 5.74) is 2.26. The molecule has 0 aromatic heterocycles. The van der Waals surface area contributed by atoms with Crippen LogP contribution in [-0.2, 0) is 19.7 Å². The van der Waals surface area contributed by atoms with E-state index in [9.17, 15) is 4.39 Å². The Bertz CT molecular complexity index is 944. The Morgan fingerprint density at radius 2 is 1.48 bits per heavy atom. The Hall–Kier alpha value is -2.76. The first-order chi connectivity index (χ1) is 14.1. The molecule has 0 aliphatic heterocycles. The van der Waals surface area contributed by atoms with Crippen molar-refractivity contribution < 1.29 is 18.6 Å². The van der Waals surface area contributed by atoms with E-state index in [0.29, 0.717) is 35.2 Å². The van der Waals surface area contributed by atoms with Crippen LogP contribution in [0.3, 0.4) is 0 Å². The fraction of sp³-hybridized carbons (Fsp3) is 0.217. The van der Waals surface area contributed by atoms with E-state index in [1.807, 2.05) is 42.5 Å². The fourth-order valence-electron chi connectivity index (χ4n) is 3.02. The summed E-state index contributed by atoms with van der Waals surface area (Å²) in [4.78, 5) is 0. The van der Waals surface area contributed by atoms with Crippen molar-refractivity contribution in [1.82, 2.24) is 5.32 Å². The van der Waals surface area contributed by atoms with Gasteiger partial charge in [-0.15, -0.1) is 0 Å². The van der Waals surface area contributed by atoms with Crippen molar-refractivity contribution in [1.29, 1.82) is 0 Å². The van der Waals surface area contributed by atoms with Crippen LogP contribution in [0.5, 0.6) is 17.2 Å². The highest BCUT2D eigenvalue weighted by atomic mass is 35.5. The third kappa shape index (κ3) is 5.19. The Morgan fingerprint density at radius 1 is 0.828 bits per heavy atom. The zero-order chi connectivity index (χ0) is 20.6. The minimum absolute atomic E-state index is 0.00535. The number of methoxy groups -OCH3 is 2. The van der Waals surface area contributed by atoms with Crippen LogP contribution in [0.25, 0.3) is 0 Å². The second-order valence-electron chi connectivity index (χ2n) is 6.35. The summed E-state index contributed by atoms with van der Waals surface area (Å²) >= 11 is 6.11. The zero-order valence-electron chi connectivity index (χ0n) is 16.4. The maximum Gasteiger partial charge on any atom is 0.166 e. The van der Waals surface area contributed by atoms with Gasteiger partial charge in [0.25, 0.3) is 0 Å². The van der Waals surface area contributed by atoms with Gasteiger partial charge in [-0.2, -0.15) is 0 Å². The van der Waals surface area contributed by atoms with Crippen molar-refractivity contribution in [2.45, 2.75) is 19.7 Å². The van der Waals surface area contributed by atoms with E-state index in [4.69, 9.17) is 25.8 Å². The van der Waals surface area contributed by atoms with Crippen LogP contribution in [-0.4, -0.2) is 14.2 Å². The third-order valence-electron chi connectivity index (χ3n) is 4.53. The summed E-state index contributed by atoms with van der Waals surface area (Å²) in [5.74, 6) is 1.57. The molecular formula is C23H23ClFNO3. The first-order valence-electron chi connectivity index (χ1n) is 9.18. The number of hydrogen-bond donors (Lipinski definition) is 1. The molecular weight excluding hydrogens is 393 g/mol. The average Bonchev–Trinajstić information content (AvgIpc) is 2.74. The second-order valence-corrected chi connectivity index (χ2v) is 6.76. The van der Waals surface area contributed by atoms with Crippen molar-refractivity contribution >= 4 is 11.6 Å². The number of benzene rings is 3. The lowest BCUT2D eigenvalue weighted by atomic mass is 10.1. The molecule has 0 aliphatic carbocycles. The summed E-state index contributed by atoms with van der Waals surface area (Å²) in [6, 6.07) is 18.0. The van der Waals surface area contributed by atoms with Gasteiger partial charge in [-0.05, 0) is 24.3 Å². The van der Waals surface area contributed by atoms with Crippen LogP contribution in [0.1, 0.15) is 16.7 Å². The molecule has 0 heterocycles. The predicted molar refractivity (Wildman–Crippen MR) is 112 cm³/mol. The van der Waals surface area contributed by atoms with Gasteiger partial charge in [-0.1, -0.05) is 48.0 Å². The van der Waals surface area contributed by atoms with E-state index < -0.39 is 5.82 Å². The first-order valence-corrected chi connectivity index (χ1v) is 9.56. The molecule has 0 saturated heterocycles. The molecule has 3 aromatic rings. The van der Waals surface area contributed by atoms with Gasteiger partial charge in [-0.25, -0.2) is 4.39 Å². The summed E-state index contributed by atoms with van der Waals surface area (Å²) in [5, 5.41) is 3.72. The number of nitrogens with one attached hydrogen (secondary N) is 1. The van der Waals surface area contributed by atoms with E-state index in [-0.39, 0.29) is 6.61 Å². The molecule has 0 radical (unpaired) electrons. The molecule has 0 bridgehead atoms. The molecule has 0 saturated carbocycles. The van der Waals surface area contributed by atoms with E-state index in [0.717, 1.165) is 16.9 Å². The third-order valence-corrected chi connectivity index (χ3v) is 4.88. The maximum absolute atomic E-state index is 14.1. The highest BCUT2D eigenvalue weighted by Gasteiger charge is 2.14. The quantitative estimate of drug-likeness (QED) is 0.510. The standard InChI is InChI=1S/C23H23ClFNO3/c1-27-21-11-4-3-7-16(21)13-26-14-17-8-5-12-22(28-2)23(17)29-15-18-19(24)9-6-10-20(18)25/h3-12,26H,13-15H2,1-2H3. The van der Waals surface area contributed by atoms with Gasteiger partial charge in [0.05, 0.1) is 19.2 Å². The van der Waals surface area contributed by atoms with Gasteiger partial charge in [0.15, 0.2) is 11.5 Å². The topological polar surface area (TPSA) is 39.7 Å². The lowest BCUT2D eigenvalue weighted by Crippen LogP contribution is -2.14. The molecule has 0 amide bonds. The summed E-state index contributed by atoms with van der Waals surface area (Å²) in [6.45, 7) is 1.17. The van der Waals surface area contributed by atoms with Crippen LogP contribution in [0, 0.1) is 5.82 Å². The largest absolute Gasteiger partial charge is 0.496 e. The number of ether oxygens (including phenoxy) is 3. The molecule has 0 aliphatic rings. The minimum Gasteiger partial charge on any atom is -0.496 e. The van der Waals surface area contributed by atoms with Crippen molar-refractivity contribution in [2.75, 3.05) is 14.2 Å². The molecule has 1 N–H and O–H groups in total. The van der Waals surface area contributed by atoms with Crippen LogP contribution in [0.15, 0.2) is 60.7 Å². The van der Waals surface area contributed by atoms with Gasteiger partial charge in [0, 0.05) is 29.8 Å². The molecule has 0 unspecified atom stereocenters. The Labute approximate surface area is 175 Å².